The molecule has 0 atom stereocenters. The molecule has 0 radical (unpaired) electrons. The van der Waals surface area contributed by atoms with E-state index >= 15 is 0 Å². The first-order valence-electron chi connectivity index (χ1n) is 7.00. The molecule has 1 aliphatic rings. The van der Waals surface area contributed by atoms with E-state index in [1.807, 2.05) is 51.7 Å². The summed E-state index contributed by atoms with van der Waals surface area (Å²) in [4.78, 5) is 16.3. The van der Waals surface area contributed by atoms with Gasteiger partial charge in [0.1, 0.15) is 5.54 Å². The molecule has 0 bridgehead atoms. The minimum absolute atomic E-state index is 0.0747. The summed E-state index contributed by atoms with van der Waals surface area (Å²) in [6.07, 6.45) is 3.19. The van der Waals surface area contributed by atoms with Crippen molar-refractivity contribution in [2.75, 3.05) is 21.1 Å². The Labute approximate surface area is 117 Å². The number of rotatable bonds is 2. The lowest BCUT2D eigenvalue weighted by molar-refractivity contribution is -0.140. The average molecular weight is 265 g/mol. The Balaban J connectivity index is 2.70. The number of nitriles is 1. The lowest BCUT2D eigenvalue weighted by Crippen LogP contribution is -2.50. The van der Waals surface area contributed by atoms with Crippen molar-refractivity contribution in [2.24, 2.45) is 5.92 Å². The molecule has 0 spiro atoms. The highest BCUT2D eigenvalue weighted by Crippen LogP contribution is 2.36. The van der Waals surface area contributed by atoms with Crippen LogP contribution in [0.5, 0.6) is 0 Å². The van der Waals surface area contributed by atoms with Crippen molar-refractivity contribution in [3.8, 4) is 6.07 Å². The molecule has 19 heavy (non-hydrogen) atoms. The van der Waals surface area contributed by atoms with E-state index in [-0.39, 0.29) is 22.9 Å². The number of hydrogen-bond donors (Lipinski definition) is 0. The van der Waals surface area contributed by atoms with Crippen molar-refractivity contribution >= 4 is 5.91 Å². The van der Waals surface area contributed by atoms with Crippen LogP contribution in [0.1, 0.15) is 46.5 Å². The Hall–Kier alpha value is -1.08. The van der Waals surface area contributed by atoms with Gasteiger partial charge in [-0.15, -0.1) is 0 Å². The monoisotopic (exact) mass is 265 g/mol. The van der Waals surface area contributed by atoms with E-state index in [2.05, 4.69) is 6.07 Å². The van der Waals surface area contributed by atoms with Gasteiger partial charge in [-0.2, -0.15) is 5.26 Å². The fourth-order valence-electron chi connectivity index (χ4n) is 2.61. The maximum atomic E-state index is 12.4. The van der Waals surface area contributed by atoms with E-state index in [0.29, 0.717) is 0 Å². The quantitative estimate of drug-likeness (QED) is 0.769. The highest BCUT2D eigenvalue weighted by Gasteiger charge is 2.40. The number of carbonyl (C=O) groups is 1. The molecular weight excluding hydrogens is 238 g/mol. The second-order valence-corrected chi connectivity index (χ2v) is 6.88. The second-order valence-electron chi connectivity index (χ2n) is 6.88. The molecular formula is C15H27N3O. The molecule has 0 aliphatic heterocycles. The van der Waals surface area contributed by atoms with Crippen molar-refractivity contribution in [1.82, 2.24) is 9.80 Å². The molecule has 1 saturated carbocycles. The molecule has 0 heterocycles. The van der Waals surface area contributed by atoms with Crippen molar-refractivity contribution in [3.05, 3.63) is 0 Å². The van der Waals surface area contributed by atoms with Crippen LogP contribution in [-0.4, -0.2) is 47.9 Å². The van der Waals surface area contributed by atoms with Gasteiger partial charge in [-0.25, -0.2) is 0 Å². The van der Waals surface area contributed by atoms with Crippen LogP contribution in [0, 0.1) is 17.2 Å². The minimum Gasteiger partial charge on any atom is -0.341 e. The first kappa shape index (κ1) is 16.0. The maximum absolute atomic E-state index is 12.4. The second kappa shape index (κ2) is 5.50. The van der Waals surface area contributed by atoms with Crippen LogP contribution in [0.25, 0.3) is 0 Å². The molecule has 1 amide bonds. The SMILES string of the molecule is CN(C(=O)C1CCC(C#N)(N(C)C)CC1)C(C)(C)C. The van der Waals surface area contributed by atoms with Gasteiger partial charge in [0.15, 0.2) is 0 Å². The van der Waals surface area contributed by atoms with E-state index in [0.717, 1.165) is 25.7 Å². The average Bonchev–Trinajstić information content (AvgIpc) is 2.35. The van der Waals surface area contributed by atoms with Crippen molar-refractivity contribution in [2.45, 2.75) is 57.5 Å². The van der Waals surface area contributed by atoms with E-state index in [1.165, 1.54) is 0 Å². The van der Waals surface area contributed by atoms with Gasteiger partial charge >= 0.3 is 0 Å². The van der Waals surface area contributed by atoms with Crippen molar-refractivity contribution in [3.63, 3.8) is 0 Å². The molecule has 1 aliphatic carbocycles. The van der Waals surface area contributed by atoms with E-state index in [1.54, 1.807) is 0 Å². The Morgan fingerprint density at radius 3 is 2.00 bits per heavy atom. The predicted octanol–water partition coefficient (Wildman–Crippen LogP) is 2.26. The third-order valence-electron chi connectivity index (χ3n) is 4.56. The molecule has 0 saturated heterocycles. The lowest BCUT2D eigenvalue weighted by Gasteiger charge is -2.41. The highest BCUT2D eigenvalue weighted by atomic mass is 16.2. The van der Waals surface area contributed by atoms with Crippen LogP contribution in [0.2, 0.25) is 0 Å². The number of hydrogen-bond acceptors (Lipinski definition) is 3. The standard InChI is InChI=1S/C15H27N3O/c1-14(2,3)18(6)13(19)12-7-9-15(11-16,10-8-12)17(4)5/h12H,7-10H2,1-6H3. The van der Waals surface area contributed by atoms with E-state index < -0.39 is 0 Å². The van der Waals surface area contributed by atoms with Gasteiger partial charge in [0, 0.05) is 18.5 Å². The third-order valence-corrected chi connectivity index (χ3v) is 4.56. The van der Waals surface area contributed by atoms with E-state index in [4.69, 9.17) is 0 Å². The highest BCUT2D eigenvalue weighted by molar-refractivity contribution is 5.79. The number of nitrogens with zero attached hydrogens (tertiary/aromatic N) is 3. The van der Waals surface area contributed by atoms with Gasteiger partial charge < -0.3 is 4.90 Å². The first-order valence-corrected chi connectivity index (χ1v) is 7.00. The summed E-state index contributed by atoms with van der Waals surface area (Å²) in [6, 6.07) is 2.44. The Bertz CT molecular complexity index is 368. The van der Waals surface area contributed by atoms with Gasteiger partial charge in [-0.05, 0) is 60.5 Å². The molecule has 0 unspecified atom stereocenters. The molecule has 0 aromatic heterocycles. The largest absolute Gasteiger partial charge is 0.341 e. The van der Waals surface area contributed by atoms with Gasteiger partial charge in [0.05, 0.1) is 6.07 Å². The smallest absolute Gasteiger partial charge is 0.225 e. The number of amides is 1. The molecule has 1 rings (SSSR count). The van der Waals surface area contributed by atoms with Crippen LogP contribution in [0.3, 0.4) is 0 Å². The molecule has 0 aromatic carbocycles. The fourth-order valence-corrected chi connectivity index (χ4v) is 2.61. The third kappa shape index (κ3) is 3.27. The topological polar surface area (TPSA) is 47.3 Å². The van der Waals surface area contributed by atoms with Gasteiger partial charge in [-0.1, -0.05) is 0 Å². The zero-order chi connectivity index (χ0) is 14.8. The summed E-state index contributed by atoms with van der Waals surface area (Å²) in [5.74, 6) is 0.295. The summed E-state index contributed by atoms with van der Waals surface area (Å²) in [7, 11) is 5.78. The lowest BCUT2D eigenvalue weighted by atomic mass is 9.76. The van der Waals surface area contributed by atoms with Crippen molar-refractivity contribution < 1.29 is 4.79 Å². The predicted molar refractivity (Wildman–Crippen MR) is 76.5 cm³/mol. The summed E-state index contributed by atoms with van der Waals surface area (Å²) >= 11 is 0. The summed E-state index contributed by atoms with van der Waals surface area (Å²) < 4.78 is 0. The normalized spacial score (nSPS) is 28.0. The van der Waals surface area contributed by atoms with Gasteiger partial charge in [0.25, 0.3) is 0 Å². The Morgan fingerprint density at radius 1 is 1.21 bits per heavy atom. The number of carbonyl (C=O) groups excluding carboxylic acids is 1. The zero-order valence-electron chi connectivity index (χ0n) is 13.2. The molecule has 4 heteroatoms. The molecule has 0 N–H and O–H groups in total. The van der Waals surface area contributed by atoms with Crippen LogP contribution in [0.15, 0.2) is 0 Å². The van der Waals surface area contributed by atoms with E-state index in [9.17, 15) is 10.1 Å². The van der Waals surface area contributed by atoms with Crippen LogP contribution < -0.4 is 0 Å². The van der Waals surface area contributed by atoms with Crippen LogP contribution in [0.4, 0.5) is 0 Å². The summed E-state index contributed by atoms with van der Waals surface area (Å²) in [6.45, 7) is 6.15. The van der Waals surface area contributed by atoms with Crippen molar-refractivity contribution in [1.29, 1.82) is 5.26 Å². The maximum Gasteiger partial charge on any atom is 0.225 e. The Kier molecular flexibility index (Phi) is 4.63. The molecule has 0 aromatic rings. The molecule has 1 fully saturated rings. The first-order chi connectivity index (χ1) is 8.64. The zero-order valence-corrected chi connectivity index (χ0v) is 13.2. The molecule has 108 valence electrons. The fraction of sp³-hybridized carbons (Fsp3) is 0.867. The minimum atomic E-state index is -0.378. The van der Waals surface area contributed by atoms with Gasteiger partial charge in [-0.3, -0.25) is 9.69 Å². The molecule has 4 nitrogen and oxygen atoms in total. The summed E-state index contributed by atoms with van der Waals surface area (Å²) in [5, 5.41) is 9.39. The van der Waals surface area contributed by atoms with Gasteiger partial charge in [0.2, 0.25) is 5.91 Å². The Morgan fingerprint density at radius 2 is 1.68 bits per heavy atom. The van der Waals surface area contributed by atoms with Crippen LogP contribution in [-0.2, 0) is 4.79 Å². The van der Waals surface area contributed by atoms with Crippen LogP contribution >= 0.6 is 0 Å². The summed E-state index contributed by atoms with van der Waals surface area (Å²) in [5.41, 5.74) is -0.514.